The lowest BCUT2D eigenvalue weighted by Crippen LogP contribution is -2.56. The summed E-state index contributed by atoms with van der Waals surface area (Å²) in [7, 11) is 0. The zero-order valence-electron chi connectivity index (χ0n) is 18.7. The van der Waals surface area contributed by atoms with Gasteiger partial charge in [0.25, 0.3) is 0 Å². The van der Waals surface area contributed by atoms with Gasteiger partial charge in [-0.05, 0) is 0 Å². The summed E-state index contributed by atoms with van der Waals surface area (Å²) in [5, 5.41) is 0. The molecule has 0 bridgehead atoms. The number of alkyl halides is 2. The highest BCUT2D eigenvalue weighted by Crippen LogP contribution is 2.32. The molecule has 11 nitrogen and oxygen atoms in total. The lowest BCUT2D eigenvalue weighted by Gasteiger charge is -2.44. The summed E-state index contributed by atoms with van der Waals surface area (Å²) >= 11 is 4.18. The van der Waals surface area contributed by atoms with Crippen molar-refractivity contribution >= 4 is 69.1 Å². The Hall–Kier alpha value is -0.780. The van der Waals surface area contributed by atoms with E-state index in [1.54, 1.807) is 0 Å². The average molecular weight is 698 g/mol. The fourth-order valence-corrected chi connectivity index (χ4v) is 5.16. The quantitative estimate of drug-likeness (QED) is 0.159. The van der Waals surface area contributed by atoms with Crippen LogP contribution in [0.25, 0.3) is 0 Å². The summed E-state index contributed by atoms with van der Waals surface area (Å²) in [6.45, 7) is 5.08. The lowest BCUT2D eigenvalue weighted by molar-refractivity contribution is -0.337. The van der Waals surface area contributed by atoms with Crippen molar-refractivity contribution in [2.75, 3.05) is 8.86 Å². The molecular formula is C20H28I2O11. The van der Waals surface area contributed by atoms with Crippen LogP contribution >= 0.6 is 45.2 Å². The molecule has 2 heterocycles. The molecule has 2 saturated heterocycles. The van der Waals surface area contributed by atoms with Gasteiger partial charge in [-0.2, -0.15) is 0 Å². The summed E-state index contributed by atoms with van der Waals surface area (Å²) in [6, 6.07) is 0. The van der Waals surface area contributed by atoms with Gasteiger partial charge in [0.15, 0.2) is 24.8 Å². The van der Waals surface area contributed by atoms with Crippen molar-refractivity contribution in [3.05, 3.63) is 0 Å². The number of rotatable bonds is 8. The van der Waals surface area contributed by atoms with Crippen LogP contribution in [0.15, 0.2) is 0 Å². The molecule has 0 unspecified atom stereocenters. The van der Waals surface area contributed by atoms with E-state index in [-0.39, 0.29) is 12.8 Å². The molecule has 0 aromatic carbocycles. The average Bonchev–Trinajstić information content (AvgIpc) is 2.69. The van der Waals surface area contributed by atoms with Gasteiger partial charge in [-0.25, -0.2) is 0 Å². The van der Waals surface area contributed by atoms with Crippen LogP contribution in [0.5, 0.6) is 0 Å². The largest absolute Gasteiger partial charge is 0.460 e. The molecule has 8 atom stereocenters. The zero-order valence-corrected chi connectivity index (χ0v) is 23.0. The van der Waals surface area contributed by atoms with Gasteiger partial charge in [0, 0.05) is 49.4 Å². The first-order valence-corrected chi connectivity index (χ1v) is 13.4. The molecule has 0 saturated carbocycles. The number of carbonyl (C=O) groups excluding carboxylic acids is 4. The zero-order chi connectivity index (χ0) is 24.7. The monoisotopic (exact) mass is 698 g/mol. The Morgan fingerprint density at radius 3 is 1.73 bits per heavy atom. The van der Waals surface area contributed by atoms with Crippen LogP contribution in [0.4, 0.5) is 0 Å². The Labute approximate surface area is 219 Å². The van der Waals surface area contributed by atoms with E-state index in [0.717, 1.165) is 0 Å². The van der Waals surface area contributed by atoms with Crippen LogP contribution in [0, 0.1) is 0 Å². The van der Waals surface area contributed by atoms with Crippen LogP contribution in [0.2, 0.25) is 0 Å². The van der Waals surface area contributed by atoms with Gasteiger partial charge in [-0.1, -0.05) is 45.2 Å². The summed E-state index contributed by atoms with van der Waals surface area (Å²) < 4.78 is 40.4. The SMILES string of the molecule is CC(=O)O[C@H]1[C@H](OC(C)=O)C[C@@H](O[C@H]2O[C@H](CI)[C@@H](OC(C)=O)C[C@H]2OC(C)=O)O[C@@H]1CI. The third-order valence-electron chi connectivity index (χ3n) is 4.82. The van der Waals surface area contributed by atoms with E-state index < -0.39 is 73.1 Å². The molecule has 2 rings (SSSR count). The number of ether oxygens (including phenoxy) is 7. The fourth-order valence-electron chi connectivity index (χ4n) is 3.67. The Kier molecular flexibility index (Phi) is 11.5. The molecule has 0 spiro atoms. The fraction of sp³-hybridized carbons (Fsp3) is 0.800. The molecule has 2 aliphatic heterocycles. The predicted molar refractivity (Wildman–Crippen MR) is 128 cm³/mol. The van der Waals surface area contributed by atoms with Gasteiger partial charge >= 0.3 is 23.9 Å². The van der Waals surface area contributed by atoms with E-state index >= 15 is 0 Å². The smallest absolute Gasteiger partial charge is 0.303 e. The topological polar surface area (TPSA) is 133 Å². The second-order valence-electron chi connectivity index (χ2n) is 7.58. The van der Waals surface area contributed by atoms with Gasteiger partial charge in [0.2, 0.25) is 0 Å². The van der Waals surface area contributed by atoms with Crippen LogP contribution in [-0.4, -0.2) is 81.9 Å². The summed E-state index contributed by atoms with van der Waals surface area (Å²) in [5.41, 5.74) is 0. The Bertz CT molecular complexity index is 718. The Morgan fingerprint density at radius 1 is 0.697 bits per heavy atom. The van der Waals surface area contributed by atoms with Gasteiger partial charge in [0.1, 0.15) is 24.4 Å². The molecule has 0 aromatic rings. The molecule has 2 aliphatic rings. The van der Waals surface area contributed by atoms with Gasteiger partial charge in [-0.3, -0.25) is 19.2 Å². The van der Waals surface area contributed by atoms with Crippen molar-refractivity contribution in [2.45, 2.75) is 89.7 Å². The number of halogens is 2. The van der Waals surface area contributed by atoms with E-state index in [1.165, 1.54) is 27.7 Å². The van der Waals surface area contributed by atoms with Crippen molar-refractivity contribution in [1.29, 1.82) is 0 Å². The van der Waals surface area contributed by atoms with Crippen molar-refractivity contribution in [3.63, 3.8) is 0 Å². The predicted octanol–water partition coefficient (Wildman–Crippen LogP) is 1.83. The van der Waals surface area contributed by atoms with Crippen LogP contribution in [-0.2, 0) is 52.3 Å². The standard InChI is InChI=1S/C20H28I2O11/c1-9(23)27-13-5-15(29-11(3)25)20(32-16(13)7-21)33-18-6-14(28-10(2)24)19(30-12(4)26)17(8-22)31-18/h13-20H,5-8H2,1-4H3/t13-,14+,15+,16+,17+,18+,19-,20+/m0/s1. The number of hydrogen-bond donors (Lipinski definition) is 0. The molecule has 13 heteroatoms. The molecule has 2 fully saturated rings. The van der Waals surface area contributed by atoms with Crippen LogP contribution in [0.3, 0.4) is 0 Å². The first kappa shape index (κ1) is 28.5. The van der Waals surface area contributed by atoms with E-state index in [9.17, 15) is 19.2 Å². The molecule has 0 aliphatic carbocycles. The van der Waals surface area contributed by atoms with E-state index in [0.29, 0.717) is 8.86 Å². The summed E-state index contributed by atoms with van der Waals surface area (Å²) in [6.07, 6.45) is -5.82. The highest BCUT2D eigenvalue weighted by Gasteiger charge is 2.47. The Balaban J connectivity index is 2.20. The highest BCUT2D eigenvalue weighted by molar-refractivity contribution is 14.1. The summed E-state index contributed by atoms with van der Waals surface area (Å²) in [4.78, 5) is 46.4. The van der Waals surface area contributed by atoms with Gasteiger partial charge in [0.05, 0.1) is 0 Å². The molecule has 188 valence electrons. The van der Waals surface area contributed by atoms with Crippen LogP contribution < -0.4 is 0 Å². The number of esters is 4. The van der Waals surface area contributed by atoms with E-state index in [1.807, 2.05) is 0 Å². The van der Waals surface area contributed by atoms with E-state index in [2.05, 4.69) is 45.2 Å². The number of hydrogen-bond acceptors (Lipinski definition) is 11. The van der Waals surface area contributed by atoms with Crippen molar-refractivity contribution in [2.24, 2.45) is 0 Å². The van der Waals surface area contributed by atoms with Crippen LogP contribution in [0.1, 0.15) is 40.5 Å². The molecule has 33 heavy (non-hydrogen) atoms. The minimum Gasteiger partial charge on any atom is -0.460 e. The van der Waals surface area contributed by atoms with Crippen molar-refractivity contribution in [3.8, 4) is 0 Å². The van der Waals surface area contributed by atoms with Gasteiger partial charge < -0.3 is 33.2 Å². The molecule has 0 N–H and O–H groups in total. The first-order chi connectivity index (χ1) is 15.5. The lowest BCUT2D eigenvalue weighted by atomic mass is 10.0. The maximum Gasteiger partial charge on any atom is 0.303 e. The van der Waals surface area contributed by atoms with E-state index in [4.69, 9.17) is 33.2 Å². The maximum atomic E-state index is 11.7. The van der Waals surface area contributed by atoms with Gasteiger partial charge in [-0.15, -0.1) is 0 Å². The molecule has 0 aromatic heterocycles. The highest BCUT2D eigenvalue weighted by atomic mass is 127. The molecule has 0 amide bonds. The molecule has 0 radical (unpaired) electrons. The normalized spacial score (nSPS) is 34.1. The second-order valence-corrected chi connectivity index (χ2v) is 9.34. The number of carbonyl (C=O) groups is 4. The molecular weight excluding hydrogens is 670 g/mol. The minimum atomic E-state index is -1.01. The third kappa shape index (κ3) is 8.74. The maximum absolute atomic E-state index is 11.7. The Morgan fingerprint density at radius 2 is 1.21 bits per heavy atom. The third-order valence-corrected chi connectivity index (χ3v) is 6.56. The second kappa shape index (κ2) is 13.3. The van der Waals surface area contributed by atoms with Crippen molar-refractivity contribution < 1.29 is 52.3 Å². The minimum absolute atomic E-state index is 0.0690. The summed E-state index contributed by atoms with van der Waals surface area (Å²) in [5.74, 6) is -2.08. The van der Waals surface area contributed by atoms with Crippen molar-refractivity contribution in [1.82, 2.24) is 0 Å². The first-order valence-electron chi connectivity index (χ1n) is 10.3.